The summed E-state index contributed by atoms with van der Waals surface area (Å²) in [6.07, 6.45) is 3.67. The molecule has 1 aliphatic carbocycles. The van der Waals surface area contributed by atoms with Gasteiger partial charge < -0.3 is 20.1 Å². The van der Waals surface area contributed by atoms with E-state index in [1.54, 1.807) is 0 Å². The highest BCUT2D eigenvalue weighted by molar-refractivity contribution is 5.91. The van der Waals surface area contributed by atoms with Gasteiger partial charge in [-0.2, -0.15) is 0 Å². The summed E-state index contributed by atoms with van der Waals surface area (Å²) in [4.78, 5) is 14.0. The van der Waals surface area contributed by atoms with Crippen molar-refractivity contribution in [2.24, 2.45) is 17.6 Å². The van der Waals surface area contributed by atoms with Crippen LogP contribution in [-0.2, 0) is 14.3 Å². The normalized spacial score (nSPS) is 33.9. The molecule has 1 amide bonds. The zero-order chi connectivity index (χ0) is 11.8. The molecular formula is C12H19ClN2O3. The van der Waals surface area contributed by atoms with Gasteiger partial charge in [-0.05, 0) is 24.7 Å². The number of carbonyl (C=O) groups excluding carboxylic acids is 1. The Bertz CT molecular complexity index is 361. The van der Waals surface area contributed by atoms with Gasteiger partial charge in [0.15, 0.2) is 0 Å². The van der Waals surface area contributed by atoms with E-state index in [1.165, 1.54) is 6.26 Å². The van der Waals surface area contributed by atoms with Crippen LogP contribution < -0.4 is 5.73 Å². The Labute approximate surface area is 113 Å². The summed E-state index contributed by atoms with van der Waals surface area (Å²) in [6.45, 7) is 2.56. The third-order valence-electron chi connectivity index (χ3n) is 4.06. The highest BCUT2D eigenvalue weighted by Crippen LogP contribution is 2.37. The Hall–Kier alpha value is -0.940. The molecule has 3 unspecified atom stereocenters. The lowest BCUT2D eigenvalue weighted by atomic mass is 9.98. The van der Waals surface area contributed by atoms with Crippen LogP contribution in [0.2, 0.25) is 0 Å². The quantitative estimate of drug-likeness (QED) is 0.756. The number of rotatable bonds is 1. The predicted molar refractivity (Wildman–Crippen MR) is 68.0 cm³/mol. The SMILES string of the molecule is Cl.NC1CCC2CN(C(=O)C3=COCCO3)CC12. The standard InChI is InChI=1S/C12H18N2O3.ClH/c13-10-2-1-8-5-14(6-9(8)10)12(15)11-7-16-3-4-17-11;/h7-10H,1-6,13H2;1H. The van der Waals surface area contributed by atoms with Crippen molar-refractivity contribution in [3.05, 3.63) is 12.0 Å². The zero-order valence-electron chi connectivity index (χ0n) is 10.2. The summed E-state index contributed by atoms with van der Waals surface area (Å²) in [5.74, 6) is 1.35. The Morgan fingerprint density at radius 1 is 1.33 bits per heavy atom. The van der Waals surface area contributed by atoms with E-state index in [1.807, 2.05) is 4.90 Å². The molecule has 3 rings (SSSR count). The van der Waals surface area contributed by atoms with Crippen molar-refractivity contribution in [2.45, 2.75) is 18.9 Å². The van der Waals surface area contributed by atoms with E-state index in [4.69, 9.17) is 15.2 Å². The monoisotopic (exact) mass is 274 g/mol. The fourth-order valence-corrected chi connectivity index (χ4v) is 3.11. The van der Waals surface area contributed by atoms with E-state index in [-0.39, 0.29) is 24.4 Å². The first-order valence-corrected chi connectivity index (χ1v) is 6.25. The van der Waals surface area contributed by atoms with Crippen LogP contribution in [0.15, 0.2) is 12.0 Å². The van der Waals surface area contributed by atoms with Crippen LogP contribution in [0.3, 0.4) is 0 Å². The van der Waals surface area contributed by atoms with Crippen LogP contribution >= 0.6 is 12.4 Å². The van der Waals surface area contributed by atoms with E-state index in [9.17, 15) is 4.79 Å². The van der Waals surface area contributed by atoms with Crippen LogP contribution in [0, 0.1) is 11.8 Å². The Kier molecular flexibility index (Phi) is 4.02. The molecule has 0 aromatic rings. The van der Waals surface area contributed by atoms with Gasteiger partial charge >= 0.3 is 0 Å². The summed E-state index contributed by atoms with van der Waals surface area (Å²) in [5, 5.41) is 0. The summed E-state index contributed by atoms with van der Waals surface area (Å²) in [6, 6.07) is 0.260. The zero-order valence-corrected chi connectivity index (χ0v) is 11.0. The molecule has 2 heterocycles. The number of carbonyl (C=O) groups is 1. The van der Waals surface area contributed by atoms with Gasteiger partial charge in [-0.3, -0.25) is 4.79 Å². The van der Waals surface area contributed by atoms with Crippen molar-refractivity contribution in [3.8, 4) is 0 Å². The fraction of sp³-hybridized carbons (Fsp3) is 0.750. The maximum absolute atomic E-state index is 12.1. The molecule has 1 saturated heterocycles. The molecule has 0 spiro atoms. The number of fused-ring (bicyclic) bond motifs is 1. The van der Waals surface area contributed by atoms with Gasteiger partial charge in [-0.15, -0.1) is 12.4 Å². The molecule has 0 bridgehead atoms. The second kappa shape index (κ2) is 5.36. The first kappa shape index (κ1) is 13.5. The molecule has 0 aromatic carbocycles. The first-order chi connectivity index (χ1) is 8.25. The van der Waals surface area contributed by atoms with Gasteiger partial charge in [0.1, 0.15) is 19.5 Å². The number of ether oxygens (including phenoxy) is 2. The Morgan fingerprint density at radius 2 is 2.17 bits per heavy atom. The third-order valence-corrected chi connectivity index (χ3v) is 4.06. The van der Waals surface area contributed by atoms with Crippen LogP contribution in [0.25, 0.3) is 0 Å². The smallest absolute Gasteiger partial charge is 0.292 e. The largest absolute Gasteiger partial charge is 0.494 e. The molecule has 5 nitrogen and oxygen atoms in total. The molecule has 0 radical (unpaired) electrons. The lowest BCUT2D eigenvalue weighted by Gasteiger charge is -2.22. The molecule has 3 aliphatic rings. The first-order valence-electron chi connectivity index (χ1n) is 6.25. The molecule has 18 heavy (non-hydrogen) atoms. The molecule has 6 heteroatoms. The Morgan fingerprint density at radius 3 is 2.83 bits per heavy atom. The van der Waals surface area contributed by atoms with E-state index in [0.29, 0.717) is 30.8 Å². The Balaban J connectivity index is 0.00000120. The number of likely N-dealkylation sites (tertiary alicyclic amines) is 1. The topological polar surface area (TPSA) is 64.8 Å². The van der Waals surface area contributed by atoms with Gasteiger partial charge in [0, 0.05) is 19.1 Å². The summed E-state index contributed by atoms with van der Waals surface area (Å²) in [7, 11) is 0. The highest BCUT2D eigenvalue weighted by Gasteiger charge is 2.43. The molecular weight excluding hydrogens is 256 g/mol. The van der Waals surface area contributed by atoms with E-state index in [0.717, 1.165) is 25.9 Å². The van der Waals surface area contributed by atoms with Gasteiger partial charge in [-0.1, -0.05) is 0 Å². The highest BCUT2D eigenvalue weighted by atomic mass is 35.5. The number of amides is 1. The van der Waals surface area contributed by atoms with Crippen molar-refractivity contribution in [1.82, 2.24) is 4.90 Å². The van der Waals surface area contributed by atoms with Crippen molar-refractivity contribution in [3.63, 3.8) is 0 Å². The lowest BCUT2D eigenvalue weighted by Crippen LogP contribution is -2.35. The average Bonchev–Trinajstić information content (AvgIpc) is 2.92. The van der Waals surface area contributed by atoms with Crippen LogP contribution in [-0.4, -0.2) is 43.2 Å². The maximum atomic E-state index is 12.1. The van der Waals surface area contributed by atoms with E-state index < -0.39 is 0 Å². The number of nitrogens with zero attached hydrogens (tertiary/aromatic N) is 1. The number of nitrogens with two attached hydrogens (primary N) is 1. The second-order valence-corrected chi connectivity index (χ2v) is 5.08. The third kappa shape index (κ3) is 2.29. The summed E-state index contributed by atoms with van der Waals surface area (Å²) < 4.78 is 10.4. The predicted octanol–water partition coefficient (Wildman–Crippen LogP) is 0.492. The maximum Gasteiger partial charge on any atom is 0.292 e. The van der Waals surface area contributed by atoms with Crippen LogP contribution in [0.5, 0.6) is 0 Å². The number of hydrogen-bond acceptors (Lipinski definition) is 4. The van der Waals surface area contributed by atoms with Crippen molar-refractivity contribution < 1.29 is 14.3 Å². The fourth-order valence-electron chi connectivity index (χ4n) is 3.11. The summed E-state index contributed by atoms with van der Waals surface area (Å²) in [5.41, 5.74) is 6.05. The summed E-state index contributed by atoms with van der Waals surface area (Å²) >= 11 is 0. The molecule has 0 aromatic heterocycles. The molecule has 102 valence electrons. The number of halogens is 1. The number of hydrogen-bond donors (Lipinski definition) is 1. The molecule has 1 saturated carbocycles. The van der Waals surface area contributed by atoms with Crippen molar-refractivity contribution in [1.29, 1.82) is 0 Å². The van der Waals surface area contributed by atoms with Gasteiger partial charge in [-0.25, -0.2) is 0 Å². The lowest BCUT2D eigenvalue weighted by molar-refractivity contribution is -0.131. The minimum Gasteiger partial charge on any atom is -0.494 e. The van der Waals surface area contributed by atoms with E-state index in [2.05, 4.69) is 0 Å². The second-order valence-electron chi connectivity index (χ2n) is 5.08. The van der Waals surface area contributed by atoms with Gasteiger partial charge in [0.25, 0.3) is 5.91 Å². The molecule has 2 aliphatic heterocycles. The van der Waals surface area contributed by atoms with Crippen LogP contribution in [0.4, 0.5) is 0 Å². The average molecular weight is 275 g/mol. The van der Waals surface area contributed by atoms with E-state index >= 15 is 0 Å². The van der Waals surface area contributed by atoms with Gasteiger partial charge in [0.05, 0.1) is 0 Å². The van der Waals surface area contributed by atoms with Crippen molar-refractivity contribution in [2.75, 3.05) is 26.3 Å². The molecule has 2 N–H and O–H groups in total. The molecule has 2 fully saturated rings. The van der Waals surface area contributed by atoms with Crippen molar-refractivity contribution >= 4 is 18.3 Å². The minimum atomic E-state index is -0.0497. The minimum absolute atomic E-state index is 0. The molecule has 3 atom stereocenters. The van der Waals surface area contributed by atoms with Crippen LogP contribution in [0.1, 0.15) is 12.8 Å². The van der Waals surface area contributed by atoms with Gasteiger partial charge in [0.2, 0.25) is 5.76 Å².